The number of urea groups is 1. The van der Waals surface area contributed by atoms with Gasteiger partial charge in [-0.15, -0.1) is 11.8 Å². The van der Waals surface area contributed by atoms with Crippen LogP contribution < -0.4 is 10.6 Å². The van der Waals surface area contributed by atoms with Crippen molar-refractivity contribution in [1.29, 1.82) is 0 Å². The van der Waals surface area contributed by atoms with Crippen LogP contribution in [0.25, 0.3) is 0 Å². The van der Waals surface area contributed by atoms with Crippen LogP contribution in [0.15, 0.2) is 69.6 Å². The predicted molar refractivity (Wildman–Crippen MR) is 120 cm³/mol. The van der Waals surface area contributed by atoms with Gasteiger partial charge in [-0.3, -0.25) is 0 Å². The Kier molecular flexibility index (Phi) is 7.07. The van der Waals surface area contributed by atoms with E-state index in [1.165, 1.54) is 12.1 Å². The second-order valence-electron chi connectivity index (χ2n) is 6.99. The molecule has 0 bridgehead atoms. The minimum absolute atomic E-state index is 0.0155. The molecule has 0 radical (unpaired) electrons. The van der Waals surface area contributed by atoms with Gasteiger partial charge in [0.2, 0.25) is 0 Å². The molecular formula is C22H24N2O5S2. The van der Waals surface area contributed by atoms with Crippen LogP contribution in [-0.4, -0.2) is 39.0 Å². The second kappa shape index (κ2) is 9.57. The average Bonchev–Trinajstić information content (AvgIpc) is 2.73. The molecule has 1 aliphatic rings. The molecule has 0 aromatic heterocycles. The molecule has 0 fully saturated rings. The number of amides is 2. The number of ether oxygens (including phenoxy) is 1. The standard InChI is InChI=1S/C22H24N2O5S2/c1-4-29-21(25)19-18(13-31(27,28)17-11-5-14(2)6-12-17)23-22(26)24-20(19)15-7-9-16(30-3)10-8-15/h5-12,20H,4,13H2,1-3H3,(H2,23,24,26)/t20-/m1/s1. The quantitative estimate of drug-likeness (QED) is 0.485. The van der Waals surface area contributed by atoms with E-state index in [1.807, 2.05) is 25.3 Å². The Balaban J connectivity index is 2.07. The molecule has 9 heteroatoms. The first-order chi connectivity index (χ1) is 14.7. The zero-order valence-electron chi connectivity index (χ0n) is 17.5. The molecule has 2 N–H and O–H groups in total. The Labute approximate surface area is 186 Å². The Bertz CT molecular complexity index is 1110. The summed E-state index contributed by atoms with van der Waals surface area (Å²) in [5, 5.41) is 5.22. The number of rotatable bonds is 7. The molecule has 2 aromatic carbocycles. The van der Waals surface area contributed by atoms with Gasteiger partial charge < -0.3 is 15.4 Å². The van der Waals surface area contributed by atoms with Gasteiger partial charge in [0.05, 0.1) is 28.9 Å². The topological polar surface area (TPSA) is 102 Å². The van der Waals surface area contributed by atoms with Gasteiger partial charge in [0.25, 0.3) is 0 Å². The van der Waals surface area contributed by atoms with Gasteiger partial charge >= 0.3 is 12.0 Å². The van der Waals surface area contributed by atoms with Crippen LogP contribution in [-0.2, 0) is 19.4 Å². The lowest BCUT2D eigenvalue weighted by atomic mass is 9.95. The summed E-state index contributed by atoms with van der Waals surface area (Å²) in [4.78, 5) is 26.3. The molecule has 1 atom stereocenters. The van der Waals surface area contributed by atoms with E-state index in [-0.39, 0.29) is 22.8 Å². The highest BCUT2D eigenvalue weighted by molar-refractivity contribution is 7.98. The van der Waals surface area contributed by atoms with Gasteiger partial charge in [-0.05, 0) is 49.9 Å². The third kappa shape index (κ3) is 5.29. The minimum Gasteiger partial charge on any atom is -0.463 e. The highest BCUT2D eigenvalue weighted by atomic mass is 32.2. The number of carbonyl (C=O) groups excluding carboxylic acids is 2. The van der Waals surface area contributed by atoms with Gasteiger partial charge in [-0.25, -0.2) is 18.0 Å². The van der Waals surface area contributed by atoms with E-state index >= 15 is 0 Å². The monoisotopic (exact) mass is 460 g/mol. The van der Waals surface area contributed by atoms with Crippen molar-refractivity contribution in [3.8, 4) is 0 Å². The molecule has 1 heterocycles. The number of carbonyl (C=O) groups is 2. The second-order valence-corrected chi connectivity index (χ2v) is 9.86. The summed E-state index contributed by atoms with van der Waals surface area (Å²) < 4.78 is 31.2. The maximum absolute atomic E-state index is 13.0. The summed E-state index contributed by atoms with van der Waals surface area (Å²) in [6.45, 7) is 3.64. The van der Waals surface area contributed by atoms with Crippen LogP contribution in [0.3, 0.4) is 0 Å². The summed E-state index contributed by atoms with van der Waals surface area (Å²) in [5.41, 5.74) is 1.67. The molecule has 2 amide bonds. The van der Waals surface area contributed by atoms with E-state index in [9.17, 15) is 18.0 Å². The first-order valence-corrected chi connectivity index (χ1v) is 12.5. The van der Waals surface area contributed by atoms with Gasteiger partial charge in [0.1, 0.15) is 0 Å². The number of benzene rings is 2. The third-order valence-corrected chi connectivity index (χ3v) is 7.22. The van der Waals surface area contributed by atoms with E-state index in [0.717, 1.165) is 10.5 Å². The summed E-state index contributed by atoms with van der Waals surface area (Å²) in [6, 6.07) is 12.4. The van der Waals surface area contributed by atoms with Gasteiger partial charge in [0, 0.05) is 10.6 Å². The van der Waals surface area contributed by atoms with Crippen LogP contribution in [0.4, 0.5) is 4.79 Å². The van der Waals surface area contributed by atoms with Crippen molar-refractivity contribution in [2.24, 2.45) is 0 Å². The van der Waals surface area contributed by atoms with Crippen LogP contribution >= 0.6 is 11.8 Å². The Morgan fingerprint density at radius 3 is 2.32 bits per heavy atom. The molecule has 31 heavy (non-hydrogen) atoms. The number of nitrogens with one attached hydrogen (secondary N) is 2. The Morgan fingerprint density at radius 1 is 1.10 bits per heavy atom. The van der Waals surface area contributed by atoms with E-state index in [4.69, 9.17) is 4.74 Å². The van der Waals surface area contributed by atoms with Gasteiger partial charge in [-0.2, -0.15) is 0 Å². The summed E-state index contributed by atoms with van der Waals surface area (Å²) in [5.74, 6) is -1.21. The third-order valence-electron chi connectivity index (χ3n) is 4.81. The van der Waals surface area contributed by atoms with Crippen LogP contribution in [0.5, 0.6) is 0 Å². The number of hydrogen-bond acceptors (Lipinski definition) is 6. The fourth-order valence-corrected chi connectivity index (χ4v) is 4.98. The van der Waals surface area contributed by atoms with Crippen LogP contribution in [0.2, 0.25) is 0 Å². The average molecular weight is 461 g/mol. The summed E-state index contributed by atoms with van der Waals surface area (Å²) in [7, 11) is -3.81. The highest BCUT2D eigenvalue weighted by Crippen LogP contribution is 2.30. The van der Waals surface area contributed by atoms with Crippen molar-refractivity contribution < 1.29 is 22.7 Å². The fraction of sp³-hybridized carbons (Fsp3) is 0.273. The molecule has 0 aliphatic carbocycles. The lowest BCUT2D eigenvalue weighted by Crippen LogP contribution is -2.47. The number of hydrogen-bond donors (Lipinski definition) is 2. The lowest BCUT2D eigenvalue weighted by molar-refractivity contribution is -0.139. The smallest absolute Gasteiger partial charge is 0.338 e. The number of aryl methyl sites for hydroxylation is 1. The molecule has 0 unspecified atom stereocenters. The summed E-state index contributed by atoms with van der Waals surface area (Å²) in [6.07, 6.45) is 1.94. The van der Waals surface area contributed by atoms with Gasteiger partial charge in [-0.1, -0.05) is 29.8 Å². The van der Waals surface area contributed by atoms with Crippen molar-refractivity contribution in [1.82, 2.24) is 10.6 Å². The van der Waals surface area contributed by atoms with E-state index in [2.05, 4.69) is 10.6 Å². The van der Waals surface area contributed by atoms with E-state index < -0.39 is 33.6 Å². The van der Waals surface area contributed by atoms with Crippen molar-refractivity contribution in [2.45, 2.75) is 29.7 Å². The normalized spacial score (nSPS) is 16.5. The Morgan fingerprint density at radius 2 is 1.74 bits per heavy atom. The zero-order valence-corrected chi connectivity index (χ0v) is 19.1. The molecule has 1 aliphatic heterocycles. The van der Waals surface area contributed by atoms with Crippen LogP contribution in [0, 0.1) is 6.92 Å². The van der Waals surface area contributed by atoms with Crippen molar-refractivity contribution in [2.75, 3.05) is 18.6 Å². The largest absolute Gasteiger partial charge is 0.463 e. The van der Waals surface area contributed by atoms with Gasteiger partial charge in [0.15, 0.2) is 9.84 Å². The maximum atomic E-state index is 13.0. The number of sulfone groups is 1. The molecule has 0 saturated carbocycles. The molecule has 7 nitrogen and oxygen atoms in total. The zero-order chi connectivity index (χ0) is 22.6. The van der Waals surface area contributed by atoms with Crippen LogP contribution in [0.1, 0.15) is 24.1 Å². The summed E-state index contributed by atoms with van der Waals surface area (Å²) >= 11 is 1.56. The fourth-order valence-electron chi connectivity index (χ4n) is 3.25. The predicted octanol–water partition coefficient (Wildman–Crippen LogP) is 3.36. The highest BCUT2D eigenvalue weighted by Gasteiger charge is 2.35. The minimum atomic E-state index is -3.81. The van der Waals surface area contributed by atoms with Crippen molar-refractivity contribution in [3.63, 3.8) is 0 Å². The lowest BCUT2D eigenvalue weighted by Gasteiger charge is -2.29. The maximum Gasteiger partial charge on any atom is 0.338 e. The van der Waals surface area contributed by atoms with E-state index in [0.29, 0.717) is 5.56 Å². The molecule has 0 saturated heterocycles. The SMILES string of the molecule is CCOC(=O)C1=C(CS(=O)(=O)c2ccc(C)cc2)NC(=O)N[C@@H]1c1ccc(SC)cc1. The first kappa shape index (κ1) is 22.9. The molecular weight excluding hydrogens is 436 g/mol. The Hall–Kier alpha value is -2.78. The molecule has 3 rings (SSSR count). The number of thioether (sulfide) groups is 1. The van der Waals surface area contributed by atoms with Crippen molar-refractivity contribution >= 4 is 33.6 Å². The molecule has 0 spiro atoms. The van der Waals surface area contributed by atoms with Crippen molar-refractivity contribution in [3.05, 3.63) is 70.9 Å². The number of esters is 1. The first-order valence-electron chi connectivity index (χ1n) is 9.66. The molecule has 164 valence electrons. The molecule has 2 aromatic rings. The van der Waals surface area contributed by atoms with E-state index in [1.54, 1.807) is 43.0 Å².